The molecule has 1 atom stereocenters. The van der Waals surface area contributed by atoms with Gasteiger partial charge in [0.25, 0.3) is 5.91 Å². The largest absolute Gasteiger partial charge is 0.453 e. The van der Waals surface area contributed by atoms with Gasteiger partial charge in [-0.15, -0.1) is 0 Å². The second-order valence-electron chi connectivity index (χ2n) is 5.54. The third-order valence-electron chi connectivity index (χ3n) is 3.52. The van der Waals surface area contributed by atoms with E-state index in [0.717, 1.165) is 6.07 Å². The fraction of sp³-hybridized carbons (Fsp3) is 0.211. The summed E-state index contributed by atoms with van der Waals surface area (Å²) < 4.78 is 18.1. The molecule has 0 saturated carbocycles. The first-order valence-corrected chi connectivity index (χ1v) is 8.28. The van der Waals surface area contributed by atoms with Gasteiger partial charge in [0.15, 0.2) is 11.9 Å². The summed E-state index contributed by atoms with van der Waals surface area (Å²) in [7, 11) is 0. The van der Waals surface area contributed by atoms with Gasteiger partial charge in [-0.3, -0.25) is 14.4 Å². The number of ketones is 1. The van der Waals surface area contributed by atoms with Crippen molar-refractivity contribution < 1.29 is 23.5 Å². The number of anilines is 1. The molecule has 1 amide bonds. The van der Waals surface area contributed by atoms with Crippen LogP contribution in [0.25, 0.3) is 0 Å². The maximum absolute atomic E-state index is 13.1. The average molecular weight is 378 g/mol. The lowest BCUT2D eigenvalue weighted by atomic mass is 10.1. The molecule has 0 bridgehead atoms. The van der Waals surface area contributed by atoms with E-state index in [-0.39, 0.29) is 29.3 Å². The van der Waals surface area contributed by atoms with Gasteiger partial charge in [-0.2, -0.15) is 0 Å². The molecule has 0 radical (unpaired) electrons. The zero-order valence-corrected chi connectivity index (χ0v) is 14.8. The zero-order chi connectivity index (χ0) is 19.1. The molecule has 5 nitrogen and oxygen atoms in total. The van der Waals surface area contributed by atoms with Crippen LogP contribution in [0.5, 0.6) is 0 Å². The summed E-state index contributed by atoms with van der Waals surface area (Å²) in [5.74, 6) is -2.03. The van der Waals surface area contributed by atoms with E-state index in [9.17, 15) is 18.8 Å². The second-order valence-corrected chi connectivity index (χ2v) is 5.95. The third-order valence-corrected chi connectivity index (χ3v) is 3.81. The van der Waals surface area contributed by atoms with E-state index in [1.165, 1.54) is 19.1 Å². The zero-order valence-electron chi connectivity index (χ0n) is 14.0. The van der Waals surface area contributed by atoms with Gasteiger partial charge in [-0.25, -0.2) is 4.39 Å². The molecule has 0 fully saturated rings. The smallest absolute Gasteiger partial charge is 0.307 e. The predicted octanol–water partition coefficient (Wildman–Crippen LogP) is 4.01. The van der Waals surface area contributed by atoms with Gasteiger partial charge in [0.2, 0.25) is 0 Å². The van der Waals surface area contributed by atoms with Crippen LogP contribution in [0.2, 0.25) is 5.02 Å². The molecular weight excluding hydrogens is 361 g/mol. The number of carbonyl (C=O) groups is 3. The van der Waals surface area contributed by atoms with E-state index in [1.807, 2.05) is 0 Å². The van der Waals surface area contributed by atoms with Crippen LogP contribution in [-0.2, 0) is 14.3 Å². The van der Waals surface area contributed by atoms with Crippen LogP contribution in [0.15, 0.2) is 48.5 Å². The van der Waals surface area contributed by atoms with Gasteiger partial charge in [-0.1, -0.05) is 41.9 Å². The van der Waals surface area contributed by atoms with E-state index in [4.69, 9.17) is 16.3 Å². The number of ether oxygens (including phenoxy) is 1. The van der Waals surface area contributed by atoms with Crippen LogP contribution in [0, 0.1) is 5.82 Å². The Bertz CT molecular complexity index is 810. The minimum absolute atomic E-state index is 0.00917. The number of Topliss-reactive ketones (excluding diaryl/α,β-unsaturated/α-hetero) is 1. The molecule has 26 heavy (non-hydrogen) atoms. The van der Waals surface area contributed by atoms with Gasteiger partial charge >= 0.3 is 5.97 Å². The van der Waals surface area contributed by atoms with Crippen LogP contribution in [0.4, 0.5) is 10.1 Å². The summed E-state index contributed by atoms with van der Waals surface area (Å²) in [6.45, 7) is 1.40. The highest BCUT2D eigenvalue weighted by molar-refractivity contribution is 6.31. The van der Waals surface area contributed by atoms with Crippen molar-refractivity contribution in [2.24, 2.45) is 0 Å². The molecule has 0 aliphatic carbocycles. The number of esters is 1. The van der Waals surface area contributed by atoms with Crippen molar-refractivity contribution in [1.82, 2.24) is 0 Å². The van der Waals surface area contributed by atoms with Crippen molar-refractivity contribution in [3.8, 4) is 0 Å². The Kier molecular flexibility index (Phi) is 6.86. The van der Waals surface area contributed by atoms with Crippen molar-refractivity contribution >= 4 is 34.9 Å². The molecule has 2 aromatic carbocycles. The summed E-state index contributed by atoms with van der Waals surface area (Å²) in [5.41, 5.74) is 0.794. The number of nitrogens with one attached hydrogen (secondary N) is 1. The van der Waals surface area contributed by atoms with Crippen molar-refractivity contribution in [1.29, 1.82) is 0 Å². The number of hydrogen-bond acceptors (Lipinski definition) is 4. The van der Waals surface area contributed by atoms with Crippen molar-refractivity contribution in [3.05, 3.63) is 64.9 Å². The maximum atomic E-state index is 13.1. The van der Waals surface area contributed by atoms with Crippen LogP contribution in [0.3, 0.4) is 0 Å². The van der Waals surface area contributed by atoms with E-state index in [0.29, 0.717) is 5.56 Å². The van der Waals surface area contributed by atoms with E-state index >= 15 is 0 Å². The first kappa shape index (κ1) is 19.6. The lowest BCUT2D eigenvalue weighted by Crippen LogP contribution is -2.30. The van der Waals surface area contributed by atoms with Crippen molar-refractivity contribution in [2.45, 2.75) is 25.9 Å². The second kappa shape index (κ2) is 9.10. The number of carbonyl (C=O) groups excluding carboxylic acids is 3. The fourth-order valence-electron chi connectivity index (χ4n) is 2.11. The van der Waals surface area contributed by atoms with Gasteiger partial charge in [0.05, 0.1) is 11.4 Å². The number of rotatable bonds is 7. The number of halogens is 2. The molecule has 2 rings (SSSR count). The summed E-state index contributed by atoms with van der Waals surface area (Å²) in [6.07, 6.45) is -1.21. The predicted molar refractivity (Wildman–Crippen MR) is 95.6 cm³/mol. The Morgan fingerprint density at radius 2 is 1.81 bits per heavy atom. The lowest BCUT2D eigenvalue weighted by Gasteiger charge is -2.13. The summed E-state index contributed by atoms with van der Waals surface area (Å²) in [6, 6.07) is 12.3. The quantitative estimate of drug-likeness (QED) is 0.584. The van der Waals surface area contributed by atoms with Crippen molar-refractivity contribution in [2.75, 3.05) is 5.32 Å². The highest BCUT2D eigenvalue weighted by atomic mass is 35.5. The molecule has 0 aliphatic heterocycles. The molecule has 0 aromatic heterocycles. The fourth-order valence-corrected chi connectivity index (χ4v) is 2.29. The molecule has 0 unspecified atom stereocenters. The van der Waals surface area contributed by atoms with E-state index in [2.05, 4.69) is 5.32 Å². The summed E-state index contributed by atoms with van der Waals surface area (Å²) >= 11 is 5.64. The van der Waals surface area contributed by atoms with E-state index < -0.39 is 23.8 Å². The minimum atomic E-state index is -1.07. The van der Waals surface area contributed by atoms with Crippen LogP contribution in [0.1, 0.15) is 30.1 Å². The molecular formula is C19H17ClFNO4. The standard InChI is InChI=1S/C19H17ClFNO4/c1-12(19(25)22-14-7-8-16(21)15(20)11-14)26-18(24)10-9-17(23)13-5-3-2-4-6-13/h2-8,11-12H,9-10H2,1H3,(H,22,25)/t12-/m0/s1. The van der Waals surface area contributed by atoms with Crippen LogP contribution < -0.4 is 5.32 Å². The highest BCUT2D eigenvalue weighted by Gasteiger charge is 2.19. The third kappa shape index (κ3) is 5.67. The first-order chi connectivity index (χ1) is 12.4. The summed E-state index contributed by atoms with van der Waals surface area (Å²) in [4.78, 5) is 35.8. The van der Waals surface area contributed by atoms with Gasteiger partial charge < -0.3 is 10.1 Å². The Labute approximate surface area is 155 Å². The number of hydrogen-bond donors (Lipinski definition) is 1. The van der Waals surface area contributed by atoms with Crippen LogP contribution >= 0.6 is 11.6 Å². The molecule has 0 heterocycles. The van der Waals surface area contributed by atoms with Gasteiger partial charge in [0, 0.05) is 17.7 Å². The van der Waals surface area contributed by atoms with Gasteiger partial charge in [-0.05, 0) is 25.1 Å². The SMILES string of the molecule is C[C@H](OC(=O)CCC(=O)c1ccccc1)C(=O)Nc1ccc(F)c(Cl)c1. The topological polar surface area (TPSA) is 72.5 Å². The minimum Gasteiger partial charge on any atom is -0.453 e. The van der Waals surface area contributed by atoms with Gasteiger partial charge in [0.1, 0.15) is 5.82 Å². The Balaban J connectivity index is 1.81. The molecule has 0 saturated heterocycles. The molecule has 2 aromatic rings. The Hall–Kier alpha value is -2.73. The molecule has 0 aliphatic rings. The molecule has 1 N–H and O–H groups in total. The molecule has 136 valence electrons. The first-order valence-electron chi connectivity index (χ1n) is 7.90. The average Bonchev–Trinajstić information content (AvgIpc) is 2.63. The number of amides is 1. The Morgan fingerprint density at radius 3 is 2.46 bits per heavy atom. The lowest BCUT2D eigenvalue weighted by molar-refractivity contribution is -0.153. The molecule has 0 spiro atoms. The normalized spacial score (nSPS) is 11.5. The Morgan fingerprint density at radius 1 is 1.12 bits per heavy atom. The molecule has 7 heteroatoms. The highest BCUT2D eigenvalue weighted by Crippen LogP contribution is 2.19. The van der Waals surface area contributed by atoms with E-state index in [1.54, 1.807) is 30.3 Å². The monoisotopic (exact) mass is 377 g/mol. The number of benzene rings is 2. The van der Waals surface area contributed by atoms with Crippen LogP contribution in [-0.4, -0.2) is 23.8 Å². The van der Waals surface area contributed by atoms with Crippen molar-refractivity contribution in [3.63, 3.8) is 0 Å². The summed E-state index contributed by atoms with van der Waals surface area (Å²) in [5, 5.41) is 2.34. The maximum Gasteiger partial charge on any atom is 0.307 e.